The fourth-order valence-electron chi connectivity index (χ4n) is 3.30. The van der Waals surface area contributed by atoms with Crippen LogP contribution in [0.3, 0.4) is 0 Å². The molecule has 0 bridgehead atoms. The lowest BCUT2D eigenvalue weighted by molar-refractivity contribution is -0.138. The molecule has 29 heavy (non-hydrogen) atoms. The van der Waals surface area contributed by atoms with Crippen LogP contribution in [0.1, 0.15) is 27.9 Å². The van der Waals surface area contributed by atoms with Crippen molar-refractivity contribution in [3.8, 4) is 0 Å². The topological polar surface area (TPSA) is 109 Å². The van der Waals surface area contributed by atoms with E-state index in [1.807, 2.05) is 0 Å². The van der Waals surface area contributed by atoms with E-state index >= 15 is 0 Å². The van der Waals surface area contributed by atoms with Gasteiger partial charge in [0.15, 0.2) is 0 Å². The molecule has 8 heteroatoms. The molecular formula is C21H23N3O5. The number of nitrogens with one attached hydrogen (secondary N) is 1. The molecular weight excluding hydrogens is 374 g/mol. The number of pyridine rings is 1. The summed E-state index contributed by atoms with van der Waals surface area (Å²) >= 11 is 0. The summed E-state index contributed by atoms with van der Waals surface area (Å²) in [5, 5.41) is 12.8. The lowest BCUT2D eigenvalue weighted by Gasteiger charge is -2.23. The smallest absolute Gasteiger partial charge is 0.337 e. The number of hydrogen-bond donors (Lipinski definition) is 2. The van der Waals surface area contributed by atoms with Crippen LogP contribution in [0.2, 0.25) is 0 Å². The summed E-state index contributed by atoms with van der Waals surface area (Å²) in [6.07, 6.45) is 2.83. The highest BCUT2D eigenvalue weighted by Crippen LogP contribution is 2.20. The van der Waals surface area contributed by atoms with Crippen LogP contribution in [-0.2, 0) is 27.3 Å². The molecule has 2 N–H and O–H groups in total. The number of carbonyl (C=O) groups is 3. The van der Waals surface area contributed by atoms with Crippen LogP contribution in [0.25, 0.3) is 0 Å². The fraction of sp³-hybridized carbons (Fsp3) is 0.333. The molecule has 2 unspecified atom stereocenters. The number of aromatic nitrogens is 1. The largest absolute Gasteiger partial charge is 0.465 e. The molecule has 0 spiro atoms. The number of esters is 1. The third-order valence-electron chi connectivity index (χ3n) is 4.82. The summed E-state index contributed by atoms with van der Waals surface area (Å²) in [5.41, 5.74) is 1.98. The second-order valence-corrected chi connectivity index (χ2v) is 6.90. The molecule has 1 aliphatic heterocycles. The number of nitrogens with zero attached hydrogens (tertiary/aromatic N) is 2. The number of benzene rings is 1. The second-order valence-electron chi connectivity index (χ2n) is 6.90. The molecule has 1 aromatic heterocycles. The van der Waals surface area contributed by atoms with Crippen molar-refractivity contribution < 1.29 is 24.2 Å². The van der Waals surface area contributed by atoms with Gasteiger partial charge in [-0.25, -0.2) is 4.79 Å². The van der Waals surface area contributed by atoms with Crippen molar-refractivity contribution in [2.75, 3.05) is 13.7 Å². The first kappa shape index (κ1) is 20.5. The van der Waals surface area contributed by atoms with E-state index in [9.17, 15) is 19.5 Å². The first-order chi connectivity index (χ1) is 14.0. The van der Waals surface area contributed by atoms with Gasteiger partial charge in [-0.05, 0) is 29.3 Å². The molecule has 152 valence electrons. The number of carbonyl (C=O) groups excluding carboxylic acids is 3. The van der Waals surface area contributed by atoms with Crippen molar-refractivity contribution in [3.05, 3.63) is 65.5 Å². The minimum atomic E-state index is -0.733. The maximum atomic E-state index is 12.7. The molecule has 3 rings (SSSR count). The van der Waals surface area contributed by atoms with E-state index in [0.717, 1.165) is 11.1 Å². The van der Waals surface area contributed by atoms with Crippen molar-refractivity contribution in [3.63, 3.8) is 0 Å². The predicted molar refractivity (Wildman–Crippen MR) is 104 cm³/mol. The summed E-state index contributed by atoms with van der Waals surface area (Å²) in [6.45, 7) is 0.378. The lowest BCUT2D eigenvalue weighted by atomic mass is 10.1. The van der Waals surface area contributed by atoms with E-state index in [1.165, 1.54) is 12.0 Å². The minimum absolute atomic E-state index is 0.124. The Balaban J connectivity index is 1.59. The number of aliphatic hydroxyl groups excluding tert-OH is 1. The number of aliphatic hydroxyl groups is 1. The van der Waals surface area contributed by atoms with Gasteiger partial charge in [0, 0.05) is 31.9 Å². The Morgan fingerprint density at radius 3 is 2.62 bits per heavy atom. The molecule has 1 fully saturated rings. The van der Waals surface area contributed by atoms with Gasteiger partial charge in [-0.15, -0.1) is 0 Å². The summed E-state index contributed by atoms with van der Waals surface area (Å²) in [4.78, 5) is 42.2. The summed E-state index contributed by atoms with van der Waals surface area (Å²) < 4.78 is 4.65. The minimum Gasteiger partial charge on any atom is -0.465 e. The van der Waals surface area contributed by atoms with Gasteiger partial charge in [-0.1, -0.05) is 18.2 Å². The van der Waals surface area contributed by atoms with Crippen molar-refractivity contribution in [2.24, 2.45) is 0 Å². The number of β-amino-alcohol motifs (C(OH)–C–C–N with tert-alkyl or cyclic N) is 1. The van der Waals surface area contributed by atoms with Crippen LogP contribution in [-0.4, -0.2) is 58.6 Å². The van der Waals surface area contributed by atoms with Crippen LogP contribution < -0.4 is 5.32 Å². The molecule has 1 aromatic carbocycles. The molecule has 2 heterocycles. The number of rotatable bonds is 6. The van der Waals surface area contributed by atoms with Gasteiger partial charge < -0.3 is 20.1 Å². The van der Waals surface area contributed by atoms with Crippen molar-refractivity contribution in [1.82, 2.24) is 15.2 Å². The fourth-order valence-corrected chi connectivity index (χ4v) is 3.30. The highest BCUT2D eigenvalue weighted by Gasteiger charge is 2.38. The zero-order valence-electron chi connectivity index (χ0n) is 16.1. The van der Waals surface area contributed by atoms with Gasteiger partial charge in [0.2, 0.25) is 11.8 Å². The van der Waals surface area contributed by atoms with E-state index in [-0.39, 0.29) is 37.7 Å². The van der Waals surface area contributed by atoms with Crippen molar-refractivity contribution >= 4 is 17.8 Å². The zero-order chi connectivity index (χ0) is 20.8. The van der Waals surface area contributed by atoms with Crippen molar-refractivity contribution in [1.29, 1.82) is 0 Å². The number of hydrogen-bond acceptors (Lipinski definition) is 6. The molecule has 1 saturated heterocycles. The van der Waals surface area contributed by atoms with E-state index in [4.69, 9.17) is 0 Å². The van der Waals surface area contributed by atoms with Crippen LogP contribution in [0, 0.1) is 0 Å². The number of methoxy groups -OCH3 is 1. The molecule has 2 amide bonds. The van der Waals surface area contributed by atoms with Gasteiger partial charge in [0.25, 0.3) is 0 Å². The third-order valence-corrected chi connectivity index (χ3v) is 4.82. The Hall–Kier alpha value is -3.26. The summed E-state index contributed by atoms with van der Waals surface area (Å²) in [5.74, 6) is -0.974. The molecule has 8 nitrogen and oxygen atoms in total. The highest BCUT2D eigenvalue weighted by atomic mass is 16.5. The Bertz CT molecular complexity index is 870. The Labute approximate surface area is 168 Å². The zero-order valence-corrected chi connectivity index (χ0v) is 16.1. The molecule has 2 aromatic rings. The SMILES string of the molecule is COC(=O)c1ccc(CNC(=O)C2CC(O)CN2C(=O)Cc2cccnc2)cc1. The van der Waals surface area contributed by atoms with Gasteiger partial charge in [-0.2, -0.15) is 0 Å². The van der Waals surface area contributed by atoms with E-state index < -0.39 is 18.1 Å². The lowest BCUT2D eigenvalue weighted by Crippen LogP contribution is -2.46. The van der Waals surface area contributed by atoms with E-state index in [0.29, 0.717) is 5.56 Å². The maximum Gasteiger partial charge on any atom is 0.337 e. The highest BCUT2D eigenvalue weighted by molar-refractivity contribution is 5.90. The first-order valence-corrected chi connectivity index (χ1v) is 9.29. The Morgan fingerprint density at radius 2 is 1.97 bits per heavy atom. The number of amides is 2. The molecule has 0 radical (unpaired) electrons. The second kappa shape index (κ2) is 9.29. The summed E-state index contributed by atoms with van der Waals surface area (Å²) in [7, 11) is 1.31. The number of ether oxygens (including phenoxy) is 1. The first-order valence-electron chi connectivity index (χ1n) is 9.29. The standard InChI is InChI=1S/C21H23N3O5/c1-29-21(28)16-6-4-14(5-7-16)12-23-20(27)18-10-17(25)13-24(18)19(26)9-15-3-2-8-22-11-15/h2-8,11,17-18,25H,9-10,12-13H2,1H3,(H,23,27). The van der Waals surface area contributed by atoms with Crippen molar-refractivity contribution in [2.45, 2.75) is 31.5 Å². The average Bonchev–Trinajstić information content (AvgIpc) is 3.14. The van der Waals surface area contributed by atoms with Crippen LogP contribution in [0.5, 0.6) is 0 Å². The molecule has 2 atom stereocenters. The van der Waals surface area contributed by atoms with Crippen LogP contribution >= 0.6 is 0 Å². The van der Waals surface area contributed by atoms with Crippen LogP contribution in [0.4, 0.5) is 0 Å². The van der Waals surface area contributed by atoms with Crippen LogP contribution in [0.15, 0.2) is 48.8 Å². The number of likely N-dealkylation sites (tertiary alicyclic amines) is 1. The third kappa shape index (κ3) is 5.17. The van der Waals surface area contributed by atoms with E-state index in [2.05, 4.69) is 15.0 Å². The Kier molecular flexibility index (Phi) is 6.56. The average molecular weight is 397 g/mol. The van der Waals surface area contributed by atoms with Gasteiger partial charge in [0.1, 0.15) is 6.04 Å². The normalized spacial score (nSPS) is 18.3. The molecule has 1 aliphatic rings. The Morgan fingerprint density at radius 1 is 1.21 bits per heavy atom. The summed E-state index contributed by atoms with van der Waals surface area (Å²) in [6, 6.07) is 9.51. The quantitative estimate of drug-likeness (QED) is 0.694. The van der Waals surface area contributed by atoms with Gasteiger partial charge in [-0.3, -0.25) is 14.6 Å². The van der Waals surface area contributed by atoms with Gasteiger partial charge >= 0.3 is 5.97 Å². The molecule has 0 saturated carbocycles. The van der Waals surface area contributed by atoms with Gasteiger partial charge in [0.05, 0.1) is 25.2 Å². The van der Waals surface area contributed by atoms with E-state index in [1.54, 1.807) is 48.8 Å². The predicted octanol–water partition coefficient (Wildman–Crippen LogP) is 0.689. The monoisotopic (exact) mass is 397 g/mol. The molecule has 0 aliphatic carbocycles. The maximum absolute atomic E-state index is 12.7.